The first kappa shape index (κ1) is 18.3. The van der Waals surface area contributed by atoms with Crippen molar-refractivity contribution in [2.75, 3.05) is 7.11 Å². The highest BCUT2D eigenvalue weighted by atomic mass is 16.6. The number of hydrogen-bond donors (Lipinski definition) is 0. The van der Waals surface area contributed by atoms with E-state index in [4.69, 9.17) is 4.74 Å². The van der Waals surface area contributed by atoms with Crippen molar-refractivity contribution in [3.63, 3.8) is 0 Å². The zero-order valence-electron chi connectivity index (χ0n) is 14.9. The van der Waals surface area contributed by atoms with Crippen molar-refractivity contribution in [2.45, 2.75) is 12.3 Å². The van der Waals surface area contributed by atoms with Crippen molar-refractivity contribution in [2.24, 2.45) is 0 Å². The van der Waals surface area contributed by atoms with E-state index in [1.165, 1.54) is 31.4 Å². The number of non-ortho nitro benzene ring substituents is 1. The molecule has 0 radical (unpaired) electrons. The first-order valence-electron chi connectivity index (χ1n) is 8.19. The number of Topliss-reactive ketones (excluding diaryl/α,β-unsaturated/α-hetero) is 1. The van der Waals surface area contributed by atoms with Gasteiger partial charge in [-0.1, -0.05) is 36.9 Å². The second-order valence-electron chi connectivity index (χ2n) is 6.34. The van der Waals surface area contributed by atoms with Gasteiger partial charge in [0.15, 0.2) is 5.78 Å². The number of carbonyl (C=O) groups excluding carboxylic acids is 2. The standard InChI is InChI=1S/C21H17NO5/c1-13-17(14-9-11-16(12-10-14)22(25)26)18(20(24)27-3)19(23)21(13,2)15-7-5-4-6-8-15/h4-12H,1H2,2-3H3/t21-/m1/s1. The van der Waals surface area contributed by atoms with Crippen molar-refractivity contribution < 1.29 is 19.2 Å². The highest BCUT2D eigenvalue weighted by Gasteiger charge is 2.50. The molecule has 0 aromatic heterocycles. The highest BCUT2D eigenvalue weighted by Crippen LogP contribution is 2.49. The van der Waals surface area contributed by atoms with E-state index in [0.29, 0.717) is 22.3 Å². The molecule has 0 amide bonds. The Kier molecular flexibility index (Phi) is 4.49. The highest BCUT2D eigenvalue weighted by molar-refractivity contribution is 6.33. The quantitative estimate of drug-likeness (QED) is 0.358. The summed E-state index contributed by atoms with van der Waals surface area (Å²) in [5, 5.41) is 10.9. The minimum Gasteiger partial charge on any atom is -0.465 e. The molecule has 136 valence electrons. The monoisotopic (exact) mass is 363 g/mol. The van der Waals surface area contributed by atoms with Crippen molar-refractivity contribution in [1.82, 2.24) is 0 Å². The molecule has 1 aliphatic carbocycles. The number of nitro groups is 1. The lowest BCUT2D eigenvalue weighted by molar-refractivity contribution is -0.384. The molecule has 0 N–H and O–H groups in total. The maximum Gasteiger partial charge on any atom is 0.342 e. The smallest absolute Gasteiger partial charge is 0.342 e. The fourth-order valence-corrected chi connectivity index (χ4v) is 3.34. The van der Waals surface area contributed by atoms with E-state index < -0.39 is 22.1 Å². The van der Waals surface area contributed by atoms with E-state index in [-0.39, 0.29) is 11.3 Å². The Morgan fingerprint density at radius 2 is 1.70 bits per heavy atom. The number of allylic oxidation sites excluding steroid dienone is 2. The van der Waals surface area contributed by atoms with Crippen LogP contribution in [0.4, 0.5) is 5.69 Å². The van der Waals surface area contributed by atoms with Gasteiger partial charge in [0.2, 0.25) is 0 Å². The first-order valence-corrected chi connectivity index (χ1v) is 8.19. The van der Waals surface area contributed by atoms with Crippen LogP contribution in [0.2, 0.25) is 0 Å². The molecule has 27 heavy (non-hydrogen) atoms. The van der Waals surface area contributed by atoms with Crippen LogP contribution in [-0.4, -0.2) is 23.8 Å². The fraction of sp³-hybridized carbons (Fsp3) is 0.143. The molecule has 0 fully saturated rings. The summed E-state index contributed by atoms with van der Waals surface area (Å²) < 4.78 is 4.83. The third kappa shape index (κ3) is 2.75. The normalized spacial score (nSPS) is 19.3. The van der Waals surface area contributed by atoms with E-state index in [1.807, 2.05) is 18.2 Å². The van der Waals surface area contributed by atoms with E-state index in [1.54, 1.807) is 19.1 Å². The van der Waals surface area contributed by atoms with Crippen molar-refractivity contribution >= 4 is 23.0 Å². The third-order valence-corrected chi connectivity index (χ3v) is 4.94. The topological polar surface area (TPSA) is 86.5 Å². The molecule has 3 rings (SSSR count). The van der Waals surface area contributed by atoms with Crippen molar-refractivity contribution in [3.05, 3.63) is 93.6 Å². The molecule has 0 aliphatic heterocycles. The Labute approximate surface area is 155 Å². The molecule has 0 unspecified atom stereocenters. The van der Waals surface area contributed by atoms with E-state index in [2.05, 4.69) is 6.58 Å². The maximum atomic E-state index is 13.3. The van der Waals surface area contributed by atoms with Gasteiger partial charge in [-0.15, -0.1) is 0 Å². The van der Waals surface area contributed by atoms with Crippen LogP contribution in [0.3, 0.4) is 0 Å². The average Bonchev–Trinajstić information content (AvgIpc) is 2.90. The van der Waals surface area contributed by atoms with Gasteiger partial charge in [-0.05, 0) is 35.8 Å². The maximum absolute atomic E-state index is 13.3. The summed E-state index contributed by atoms with van der Waals surface area (Å²) >= 11 is 0. The average molecular weight is 363 g/mol. The number of hydrogen-bond acceptors (Lipinski definition) is 5. The summed E-state index contributed by atoms with van der Waals surface area (Å²) in [4.78, 5) is 36.1. The number of methoxy groups -OCH3 is 1. The lowest BCUT2D eigenvalue weighted by atomic mass is 9.75. The van der Waals surface area contributed by atoms with Crippen LogP contribution in [0.25, 0.3) is 5.57 Å². The Morgan fingerprint density at radius 3 is 2.22 bits per heavy atom. The van der Waals surface area contributed by atoms with Crippen LogP contribution in [0, 0.1) is 10.1 Å². The van der Waals surface area contributed by atoms with Gasteiger partial charge in [0.1, 0.15) is 5.57 Å². The molecule has 6 nitrogen and oxygen atoms in total. The van der Waals surface area contributed by atoms with Gasteiger partial charge >= 0.3 is 5.97 Å². The molecule has 0 saturated carbocycles. The molecule has 2 aromatic carbocycles. The number of rotatable bonds is 4. The van der Waals surface area contributed by atoms with Gasteiger partial charge in [-0.2, -0.15) is 0 Å². The molecular weight excluding hydrogens is 346 g/mol. The number of ketones is 1. The molecule has 1 aliphatic rings. The Morgan fingerprint density at radius 1 is 1.11 bits per heavy atom. The summed E-state index contributed by atoms with van der Waals surface area (Å²) in [5.74, 6) is -1.16. The lowest BCUT2D eigenvalue weighted by Crippen LogP contribution is -2.32. The molecule has 2 aromatic rings. The molecule has 0 heterocycles. The predicted molar refractivity (Wildman–Crippen MR) is 100.0 cm³/mol. The van der Waals surface area contributed by atoms with Crippen LogP contribution in [0.1, 0.15) is 18.1 Å². The Bertz CT molecular complexity index is 989. The fourth-order valence-electron chi connectivity index (χ4n) is 3.34. The number of carbonyl (C=O) groups is 2. The Balaban J connectivity index is 2.20. The van der Waals surface area contributed by atoms with Gasteiger partial charge in [0.25, 0.3) is 5.69 Å². The van der Waals surface area contributed by atoms with Gasteiger partial charge in [0.05, 0.1) is 17.4 Å². The summed E-state index contributed by atoms with van der Waals surface area (Å²) in [6.45, 7) is 5.81. The van der Waals surface area contributed by atoms with Crippen LogP contribution in [0.5, 0.6) is 0 Å². The molecule has 1 atom stereocenters. The zero-order valence-corrected chi connectivity index (χ0v) is 14.9. The second-order valence-corrected chi connectivity index (χ2v) is 6.34. The number of nitrogens with zero attached hydrogens (tertiary/aromatic N) is 1. The number of benzene rings is 2. The molecule has 0 bridgehead atoms. The summed E-state index contributed by atoms with van der Waals surface area (Å²) in [7, 11) is 1.21. The number of ether oxygens (including phenoxy) is 1. The predicted octanol–water partition coefficient (Wildman–Crippen LogP) is 3.62. The largest absolute Gasteiger partial charge is 0.465 e. The van der Waals surface area contributed by atoms with E-state index in [9.17, 15) is 19.7 Å². The van der Waals surface area contributed by atoms with Crippen molar-refractivity contribution in [1.29, 1.82) is 0 Å². The minimum absolute atomic E-state index is 0.0836. The van der Waals surface area contributed by atoms with Gasteiger partial charge in [-0.25, -0.2) is 4.79 Å². The van der Waals surface area contributed by atoms with Crippen molar-refractivity contribution in [3.8, 4) is 0 Å². The van der Waals surface area contributed by atoms with Gasteiger partial charge in [0, 0.05) is 17.7 Å². The zero-order chi connectivity index (χ0) is 19.8. The van der Waals surface area contributed by atoms with E-state index >= 15 is 0 Å². The van der Waals surface area contributed by atoms with Crippen LogP contribution in [-0.2, 0) is 19.7 Å². The SMILES string of the molecule is C=C1C(c2ccc([N+](=O)[O-])cc2)=C(C(=O)OC)C(=O)[C@@]1(C)c1ccccc1. The minimum atomic E-state index is -1.12. The first-order chi connectivity index (χ1) is 12.8. The summed E-state index contributed by atoms with van der Waals surface area (Å²) in [5.41, 5.74) is 0.711. The summed E-state index contributed by atoms with van der Waals surface area (Å²) in [6.07, 6.45) is 0. The number of nitro benzene ring substituents is 1. The van der Waals surface area contributed by atoms with Gasteiger partial charge < -0.3 is 4.74 Å². The second kappa shape index (κ2) is 6.64. The lowest BCUT2D eigenvalue weighted by Gasteiger charge is -2.26. The Hall–Kier alpha value is -3.54. The molecular formula is C21H17NO5. The van der Waals surface area contributed by atoms with Crippen LogP contribution >= 0.6 is 0 Å². The third-order valence-electron chi connectivity index (χ3n) is 4.94. The summed E-state index contributed by atoms with van der Waals surface area (Å²) in [6, 6.07) is 14.7. The van der Waals surface area contributed by atoms with Crippen LogP contribution < -0.4 is 0 Å². The van der Waals surface area contributed by atoms with Gasteiger partial charge in [-0.3, -0.25) is 14.9 Å². The van der Waals surface area contributed by atoms with E-state index in [0.717, 1.165) is 0 Å². The molecule has 0 spiro atoms. The number of esters is 1. The molecule has 6 heteroatoms. The van der Waals surface area contributed by atoms with Crippen LogP contribution in [0.15, 0.2) is 72.3 Å². The molecule has 0 saturated heterocycles.